The van der Waals surface area contributed by atoms with Crippen LogP contribution >= 0.6 is 15.6 Å². The molecule has 17 nitrogen and oxygen atoms in total. The first-order valence-electron chi connectivity index (χ1n) is 40.4. The predicted molar refractivity (Wildman–Crippen MR) is 436 cm³/mol. The van der Waals surface area contributed by atoms with Gasteiger partial charge in [-0.1, -0.05) is 307 Å². The van der Waals surface area contributed by atoms with Gasteiger partial charge >= 0.3 is 39.5 Å². The van der Waals surface area contributed by atoms with Gasteiger partial charge in [0.05, 0.1) is 26.4 Å². The molecule has 0 aromatic heterocycles. The summed E-state index contributed by atoms with van der Waals surface area (Å²) in [6.07, 6.45) is 92.2. The second-order valence-electron chi connectivity index (χ2n) is 26.2. The molecule has 3 N–H and O–H groups in total. The Bertz CT molecular complexity index is 2680. The lowest BCUT2D eigenvalue weighted by Crippen LogP contribution is -2.30. The SMILES string of the molecule is CC/C=C\C/C=C\C/C=C\C/C=C\C/C=C\C/C=C\CCC(=O)OC[C@H](COP(=O)(O)OC[C@@H](O)COP(=O)(O)OC[C@@H](COC(=O)CC/C=C\C/C=C\C/C=C\C/C=C\C/C=C\C/C=C\CC)OC(=O)CCCCCCCCCCCCCCC)OC(=O)CCCCCCC/C=C\C/C=C\CCCCC. The minimum absolute atomic E-state index is 0.0267. The first-order chi connectivity index (χ1) is 51.7. The topological polar surface area (TPSA) is 237 Å². The molecule has 602 valence electrons. The van der Waals surface area contributed by atoms with Crippen molar-refractivity contribution in [2.45, 2.75) is 316 Å². The maximum atomic E-state index is 13.1. The average Bonchev–Trinajstić information content (AvgIpc) is 0.933. The first-order valence-corrected chi connectivity index (χ1v) is 43.4. The van der Waals surface area contributed by atoms with Crippen LogP contribution in [0.2, 0.25) is 0 Å². The number of esters is 4. The van der Waals surface area contributed by atoms with Crippen LogP contribution in [-0.4, -0.2) is 96.7 Å². The van der Waals surface area contributed by atoms with Gasteiger partial charge in [0.15, 0.2) is 12.2 Å². The van der Waals surface area contributed by atoms with E-state index in [9.17, 15) is 43.2 Å². The smallest absolute Gasteiger partial charge is 0.462 e. The van der Waals surface area contributed by atoms with Crippen molar-refractivity contribution in [1.82, 2.24) is 0 Å². The minimum atomic E-state index is -5.01. The summed E-state index contributed by atoms with van der Waals surface area (Å²) in [4.78, 5) is 73.0. The molecule has 0 fully saturated rings. The van der Waals surface area contributed by atoms with Crippen LogP contribution in [0.3, 0.4) is 0 Å². The third-order valence-corrected chi connectivity index (χ3v) is 18.1. The number of aliphatic hydroxyl groups is 1. The van der Waals surface area contributed by atoms with E-state index in [2.05, 4.69) is 161 Å². The van der Waals surface area contributed by atoms with Gasteiger partial charge in [0.1, 0.15) is 19.3 Å². The molecule has 0 amide bonds. The Hall–Kier alpha value is -5.58. The second-order valence-corrected chi connectivity index (χ2v) is 29.2. The van der Waals surface area contributed by atoms with E-state index in [0.717, 1.165) is 135 Å². The lowest BCUT2D eigenvalue weighted by Gasteiger charge is -2.21. The van der Waals surface area contributed by atoms with Crippen LogP contribution in [0.15, 0.2) is 170 Å². The summed E-state index contributed by atoms with van der Waals surface area (Å²) in [5.41, 5.74) is 0. The third-order valence-electron chi connectivity index (χ3n) is 16.2. The van der Waals surface area contributed by atoms with Crippen molar-refractivity contribution >= 4 is 39.5 Å². The summed E-state index contributed by atoms with van der Waals surface area (Å²) < 4.78 is 68.5. The maximum absolute atomic E-state index is 13.1. The number of ether oxygens (including phenoxy) is 4. The maximum Gasteiger partial charge on any atom is 0.472 e. The Balaban J connectivity index is 5.49. The van der Waals surface area contributed by atoms with Gasteiger partial charge in [0, 0.05) is 25.7 Å². The molecule has 0 spiro atoms. The van der Waals surface area contributed by atoms with Crippen LogP contribution in [-0.2, 0) is 65.4 Å². The molecule has 0 saturated carbocycles. The predicted octanol–water partition coefficient (Wildman–Crippen LogP) is 23.8. The number of aliphatic hydroxyl groups excluding tert-OH is 1. The number of phosphoric ester groups is 2. The number of unbranched alkanes of at least 4 members (excludes halogenated alkanes) is 20. The highest BCUT2D eigenvalue weighted by Crippen LogP contribution is 2.45. The van der Waals surface area contributed by atoms with Gasteiger partial charge in [-0.25, -0.2) is 9.13 Å². The standard InChI is InChI=1S/C87H142O17P2/c1-5-9-13-17-21-25-29-33-36-38-40-42-45-48-51-55-59-63-67-71-84(89)97-77-82(103-86(91)73-69-65-61-57-53-47-32-28-24-20-16-12-8-4)79-101-105(93,94)99-75-81(88)76-100-106(95,96)102-80-83(104-87(92)74-70-66-62-58-54-50-44-35-31-27-23-19-15-11-7-3)78-98-85(90)72-68-64-60-56-52-49-46-43-41-39-37-34-30-26-22-18-14-10-6-2/h9-10,13-14,21-23,25-27,33-37,40-44,48-49,51-52,59-60,63-64,81-83,88H,5-8,11-12,15-20,24,28-32,38-39,45-47,50,53-58,61-62,65-80H2,1-4H3,(H,93,94)(H,95,96)/b13-9-,14-10-,25-21-,26-22-,27-23-,36-33-,37-34-,42-40-,43-41-,44-35-,51-48-,52-49-,63-59-,64-60-/t81-,82+,83+/m0/s1. The third kappa shape index (κ3) is 76.6. The van der Waals surface area contributed by atoms with Crippen LogP contribution in [0.25, 0.3) is 0 Å². The monoisotopic (exact) mass is 1520 g/mol. The number of hydrogen-bond donors (Lipinski definition) is 3. The molecule has 0 aromatic rings. The number of hydrogen-bond acceptors (Lipinski definition) is 15. The zero-order valence-electron chi connectivity index (χ0n) is 65.8. The van der Waals surface area contributed by atoms with Crippen LogP contribution in [0, 0.1) is 0 Å². The molecule has 0 rings (SSSR count). The van der Waals surface area contributed by atoms with Gasteiger partial charge in [-0.15, -0.1) is 0 Å². The average molecular weight is 1520 g/mol. The summed E-state index contributed by atoms with van der Waals surface area (Å²) >= 11 is 0. The molecule has 0 saturated heterocycles. The van der Waals surface area contributed by atoms with E-state index >= 15 is 0 Å². The molecule has 0 aliphatic rings. The molecule has 0 bridgehead atoms. The van der Waals surface area contributed by atoms with Crippen molar-refractivity contribution in [2.24, 2.45) is 0 Å². The van der Waals surface area contributed by atoms with Crippen molar-refractivity contribution < 1.29 is 80.2 Å². The number of phosphoric acid groups is 2. The number of carbonyl (C=O) groups excluding carboxylic acids is 4. The Labute approximate surface area is 642 Å². The van der Waals surface area contributed by atoms with Crippen molar-refractivity contribution in [3.8, 4) is 0 Å². The molecular formula is C87H142O17P2. The van der Waals surface area contributed by atoms with E-state index in [1.54, 1.807) is 0 Å². The highest BCUT2D eigenvalue weighted by Gasteiger charge is 2.30. The fraction of sp³-hybridized carbons (Fsp3) is 0.632. The summed E-state index contributed by atoms with van der Waals surface area (Å²) in [5, 5.41) is 10.6. The second kappa shape index (κ2) is 77.6. The number of rotatable bonds is 74. The van der Waals surface area contributed by atoms with E-state index in [4.69, 9.17) is 37.0 Å². The Kier molecular flexibility index (Phi) is 73.5. The van der Waals surface area contributed by atoms with Crippen molar-refractivity contribution in [3.05, 3.63) is 170 Å². The van der Waals surface area contributed by atoms with Gasteiger partial charge in [-0.2, -0.15) is 0 Å². The molecule has 106 heavy (non-hydrogen) atoms. The summed E-state index contributed by atoms with van der Waals surface area (Å²) in [6, 6.07) is 0. The lowest BCUT2D eigenvalue weighted by atomic mass is 10.0. The fourth-order valence-corrected chi connectivity index (χ4v) is 11.7. The van der Waals surface area contributed by atoms with E-state index in [1.165, 1.54) is 70.6 Å². The van der Waals surface area contributed by atoms with E-state index in [1.807, 2.05) is 36.5 Å². The number of allylic oxidation sites excluding steroid dienone is 28. The van der Waals surface area contributed by atoms with E-state index < -0.39 is 97.5 Å². The first kappa shape index (κ1) is 100. The summed E-state index contributed by atoms with van der Waals surface area (Å²) in [6.45, 7) is 4.43. The zero-order valence-corrected chi connectivity index (χ0v) is 67.6. The normalized spacial score (nSPS) is 14.7. The summed E-state index contributed by atoms with van der Waals surface area (Å²) in [5.74, 6) is -2.39. The molecule has 5 atom stereocenters. The van der Waals surface area contributed by atoms with Gasteiger partial charge in [0.2, 0.25) is 0 Å². The van der Waals surface area contributed by atoms with Crippen LogP contribution in [0.1, 0.15) is 297 Å². The molecule has 0 aliphatic carbocycles. The van der Waals surface area contributed by atoms with Crippen molar-refractivity contribution in [1.29, 1.82) is 0 Å². The Morgan fingerprint density at radius 2 is 0.509 bits per heavy atom. The highest BCUT2D eigenvalue weighted by molar-refractivity contribution is 7.47. The van der Waals surface area contributed by atoms with Crippen LogP contribution in [0.5, 0.6) is 0 Å². The quantitative estimate of drug-likeness (QED) is 0.0169. The van der Waals surface area contributed by atoms with Gasteiger partial charge in [-0.05, 0) is 135 Å². The summed E-state index contributed by atoms with van der Waals surface area (Å²) in [7, 11) is -10.0. The molecule has 2 unspecified atom stereocenters. The van der Waals surface area contributed by atoms with E-state index in [-0.39, 0.29) is 25.7 Å². The van der Waals surface area contributed by atoms with Crippen LogP contribution in [0.4, 0.5) is 0 Å². The molecule has 0 aliphatic heterocycles. The Morgan fingerprint density at radius 3 is 0.811 bits per heavy atom. The molecule has 0 radical (unpaired) electrons. The lowest BCUT2D eigenvalue weighted by molar-refractivity contribution is -0.161. The van der Waals surface area contributed by atoms with Gasteiger partial charge < -0.3 is 33.8 Å². The van der Waals surface area contributed by atoms with E-state index in [0.29, 0.717) is 38.5 Å². The highest BCUT2D eigenvalue weighted by atomic mass is 31.2. The van der Waals surface area contributed by atoms with Crippen molar-refractivity contribution in [3.63, 3.8) is 0 Å². The van der Waals surface area contributed by atoms with Crippen LogP contribution < -0.4 is 0 Å². The number of carbonyl (C=O) groups is 4. The van der Waals surface area contributed by atoms with Gasteiger partial charge in [-0.3, -0.25) is 37.3 Å². The van der Waals surface area contributed by atoms with Gasteiger partial charge in [0.25, 0.3) is 0 Å². The zero-order chi connectivity index (χ0) is 77.4. The fourth-order valence-electron chi connectivity index (χ4n) is 10.1. The molecule has 0 heterocycles. The molecule has 19 heteroatoms. The van der Waals surface area contributed by atoms with Crippen molar-refractivity contribution in [2.75, 3.05) is 39.6 Å². The molecule has 0 aromatic carbocycles. The minimum Gasteiger partial charge on any atom is -0.462 e. The Morgan fingerprint density at radius 1 is 0.274 bits per heavy atom. The largest absolute Gasteiger partial charge is 0.472 e. The molecular weight excluding hydrogens is 1380 g/mol.